The average molecular weight is 292 g/mol. The lowest BCUT2D eigenvalue weighted by Gasteiger charge is -2.40. The third-order valence-electron chi connectivity index (χ3n) is 4.60. The highest BCUT2D eigenvalue weighted by atomic mass is 16.3. The molecule has 1 saturated carbocycles. The van der Waals surface area contributed by atoms with E-state index >= 15 is 0 Å². The summed E-state index contributed by atoms with van der Waals surface area (Å²) in [5, 5.41) is 19.4. The van der Waals surface area contributed by atoms with Crippen LogP contribution in [0.1, 0.15) is 57.6 Å². The Balaban J connectivity index is 2.16. The van der Waals surface area contributed by atoms with Crippen LogP contribution in [-0.4, -0.2) is 33.7 Å². The first-order valence-electron chi connectivity index (χ1n) is 8.05. The molecule has 1 atom stereocenters. The summed E-state index contributed by atoms with van der Waals surface area (Å²) in [6, 6.07) is 5.96. The number of hydrogen-bond donors (Lipinski definition) is 3. The van der Waals surface area contributed by atoms with Crippen LogP contribution in [0.2, 0.25) is 0 Å². The van der Waals surface area contributed by atoms with E-state index in [4.69, 9.17) is 5.73 Å². The smallest absolute Gasteiger partial charge is 0.119 e. The molecule has 1 unspecified atom stereocenters. The van der Waals surface area contributed by atoms with Crippen LogP contribution in [-0.2, 0) is 0 Å². The van der Waals surface area contributed by atoms with Gasteiger partial charge in [-0.2, -0.15) is 0 Å². The zero-order valence-electron chi connectivity index (χ0n) is 13.1. The van der Waals surface area contributed by atoms with E-state index in [2.05, 4.69) is 18.7 Å². The number of phenolic OH excluding ortho intramolecular Hbond substituents is 2. The Morgan fingerprint density at radius 1 is 1.14 bits per heavy atom. The first kappa shape index (κ1) is 16.1. The summed E-state index contributed by atoms with van der Waals surface area (Å²) in [5.74, 6) is 0.248. The Kier molecular flexibility index (Phi) is 5.48. The maximum atomic E-state index is 9.70. The van der Waals surface area contributed by atoms with Gasteiger partial charge in [-0.1, -0.05) is 6.92 Å². The molecule has 0 spiro atoms. The van der Waals surface area contributed by atoms with E-state index in [9.17, 15) is 10.2 Å². The first-order valence-corrected chi connectivity index (χ1v) is 8.05. The molecule has 4 nitrogen and oxygen atoms in total. The number of phenols is 2. The zero-order valence-corrected chi connectivity index (χ0v) is 13.1. The fourth-order valence-corrected chi connectivity index (χ4v) is 3.43. The second kappa shape index (κ2) is 7.14. The third kappa shape index (κ3) is 4.11. The van der Waals surface area contributed by atoms with Crippen molar-refractivity contribution in [2.75, 3.05) is 6.54 Å². The predicted octanol–water partition coefficient (Wildman–Crippen LogP) is 3.14. The Hall–Kier alpha value is -1.26. The van der Waals surface area contributed by atoms with Gasteiger partial charge in [-0.05, 0) is 63.3 Å². The number of benzene rings is 1. The minimum absolute atomic E-state index is 0.124. The first-order chi connectivity index (χ1) is 10.0. The van der Waals surface area contributed by atoms with Crippen molar-refractivity contribution in [2.45, 2.75) is 64.1 Å². The molecule has 1 aromatic rings. The highest BCUT2D eigenvalue weighted by Gasteiger charge is 2.28. The molecule has 0 bridgehead atoms. The largest absolute Gasteiger partial charge is 0.508 e. The monoisotopic (exact) mass is 292 g/mol. The Bertz CT molecular complexity index is 436. The summed E-state index contributed by atoms with van der Waals surface area (Å²) in [6.45, 7) is 5.37. The summed E-state index contributed by atoms with van der Waals surface area (Å²) >= 11 is 0. The Morgan fingerprint density at radius 3 is 2.24 bits per heavy atom. The number of nitrogens with two attached hydrogens (primary N) is 1. The summed E-state index contributed by atoms with van der Waals surface area (Å²) in [7, 11) is 0. The van der Waals surface area contributed by atoms with Crippen molar-refractivity contribution >= 4 is 0 Å². The van der Waals surface area contributed by atoms with Crippen molar-refractivity contribution in [2.24, 2.45) is 5.73 Å². The minimum atomic E-state index is 0.124. The second-order valence-electron chi connectivity index (χ2n) is 6.27. The SMILES string of the molecule is CCCN(C1CCC(N)CC1)C(C)c1cc(O)cc(O)c1. The summed E-state index contributed by atoms with van der Waals surface area (Å²) in [6.07, 6.45) is 5.54. The van der Waals surface area contributed by atoms with E-state index in [1.165, 1.54) is 6.07 Å². The van der Waals surface area contributed by atoms with Gasteiger partial charge in [-0.25, -0.2) is 0 Å². The molecule has 21 heavy (non-hydrogen) atoms. The fraction of sp³-hybridized carbons (Fsp3) is 0.647. The fourth-order valence-electron chi connectivity index (χ4n) is 3.43. The van der Waals surface area contributed by atoms with Crippen molar-refractivity contribution in [1.82, 2.24) is 4.90 Å². The van der Waals surface area contributed by atoms with E-state index < -0.39 is 0 Å². The van der Waals surface area contributed by atoms with Gasteiger partial charge in [0.2, 0.25) is 0 Å². The van der Waals surface area contributed by atoms with E-state index in [-0.39, 0.29) is 17.5 Å². The molecule has 0 radical (unpaired) electrons. The summed E-state index contributed by atoms with van der Waals surface area (Å²) in [5.41, 5.74) is 6.98. The average Bonchev–Trinajstić information content (AvgIpc) is 2.44. The molecule has 1 aromatic carbocycles. The van der Waals surface area contributed by atoms with Crippen LogP contribution in [0.5, 0.6) is 11.5 Å². The molecule has 4 N–H and O–H groups in total. The van der Waals surface area contributed by atoms with Gasteiger partial charge < -0.3 is 15.9 Å². The Labute approximate surface area is 127 Å². The zero-order chi connectivity index (χ0) is 15.4. The molecule has 0 aliphatic heterocycles. The summed E-state index contributed by atoms with van der Waals surface area (Å²) in [4.78, 5) is 2.50. The van der Waals surface area contributed by atoms with E-state index in [0.29, 0.717) is 12.1 Å². The van der Waals surface area contributed by atoms with E-state index in [1.54, 1.807) is 12.1 Å². The van der Waals surface area contributed by atoms with Gasteiger partial charge in [0.25, 0.3) is 0 Å². The van der Waals surface area contributed by atoms with Crippen LogP contribution >= 0.6 is 0 Å². The van der Waals surface area contributed by atoms with Crippen molar-refractivity contribution in [3.63, 3.8) is 0 Å². The van der Waals surface area contributed by atoms with Crippen LogP contribution in [0.3, 0.4) is 0 Å². The van der Waals surface area contributed by atoms with Crippen molar-refractivity contribution < 1.29 is 10.2 Å². The number of hydrogen-bond acceptors (Lipinski definition) is 4. The Morgan fingerprint density at radius 2 is 1.71 bits per heavy atom. The lowest BCUT2D eigenvalue weighted by atomic mass is 9.89. The lowest BCUT2D eigenvalue weighted by molar-refractivity contribution is 0.107. The number of aromatic hydroxyl groups is 2. The molecule has 2 rings (SSSR count). The van der Waals surface area contributed by atoms with Gasteiger partial charge >= 0.3 is 0 Å². The van der Waals surface area contributed by atoms with Crippen LogP contribution in [0.4, 0.5) is 0 Å². The van der Waals surface area contributed by atoms with Crippen LogP contribution in [0, 0.1) is 0 Å². The van der Waals surface area contributed by atoms with Crippen molar-refractivity contribution in [3.05, 3.63) is 23.8 Å². The number of nitrogens with zero attached hydrogens (tertiary/aromatic N) is 1. The molecule has 0 aromatic heterocycles. The standard InChI is InChI=1S/C17H28N2O2/c1-3-8-19(15-6-4-14(18)5-7-15)12(2)13-9-16(20)11-17(21)10-13/h9-12,14-15,20-21H,3-8,18H2,1-2H3. The van der Waals surface area contributed by atoms with Gasteiger partial charge in [-0.3, -0.25) is 4.90 Å². The normalized spacial score (nSPS) is 24.2. The highest BCUT2D eigenvalue weighted by molar-refractivity contribution is 5.38. The highest BCUT2D eigenvalue weighted by Crippen LogP contribution is 2.33. The van der Waals surface area contributed by atoms with Gasteiger partial charge in [-0.15, -0.1) is 0 Å². The lowest BCUT2D eigenvalue weighted by Crippen LogP contribution is -2.42. The molecule has 0 amide bonds. The quantitative estimate of drug-likeness (QED) is 0.780. The van der Waals surface area contributed by atoms with Gasteiger partial charge in [0.1, 0.15) is 11.5 Å². The molecule has 0 heterocycles. The molecule has 4 heteroatoms. The third-order valence-corrected chi connectivity index (χ3v) is 4.60. The van der Waals surface area contributed by atoms with Gasteiger partial charge in [0.15, 0.2) is 0 Å². The second-order valence-corrected chi connectivity index (χ2v) is 6.27. The van der Waals surface area contributed by atoms with Crippen LogP contribution < -0.4 is 5.73 Å². The summed E-state index contributed by atoms with van der Waals surface area (Å²) < 4.78 is 0. The molecule has 0 saturated heterocycles. The van der Waals surface area contributed by atoms with Gasteiger partial charge in [0, 0.05) is 24.2 Å². The number of rotatable bonds is 5. The molecule has 1 aliphatic rings. The molecule has 1 aliphatic carbocycles. The minimum Gasteiger partial charge on any atom is -0.508 e. The molecular formula is C17H28N2O2. The topological polar surface area (TPSA) is 69.7 Å². The molecule has 118 valence electrons. The molecule has 1 fully saturated rings. The maximum Gasteiger partial charge on any atom is 0.119 e. The molecular weight excluding hydrogens is 264 g/mol. The predicted molar refractivity (Wildman–Crippen MR) is 85.4 cm³/mol. The van der Waals surface area contributed by atoms with Crippen LogP contribution in [0.15, 0.2) is 18.2 Å². The maximum absolute atomic E-state index is 9.70. The van der Waals surface area contributed by atoms with E-state index in [0.717, 1.165) is 44.2 Å². The van der Waals surface area contributed by atoms with Crippen molar-refractivity contribution in [1.29, 1.82) is 0 Å². The van der Waals surface area contributed by atoms with Crippen molar-refractivity contribution in [3.8, 4) is 11.5 Å². The van der Waals surface area contributed by atoms with Crippen LogP contribution in [0.25, 0.3) is 0 Å². The van der Waals surface area contributed by atoms with Gasteiger partial charge in [0.05, 0.1) is 0 Å². The van der Waals surface area contributed by atoms with E-state index in [1.807, 2.05) is 0 Å².